The van der Waals surface area contributed by atoms with Crippen molar-refractivity contribution in [3.8, 4) is 22.7 Å². The number of aliphatic imine (C=N–C) groups is 1. The molecule has 0 spiro atoms. The molecule has 1 fully saturated rings. The minimum absolute atomic E-state index is 0.186. The van der Waals surface area contributed by atoms with Crippen LogP contribution in [0.2, 0.25) is 0 Å². The Morgan fingerprint density at radius 1 is 0.949 bits per heavy atom. The quantitative estimate of drug-likeness (QED) is 0.252. The van der Waals surface area contributed by atoms with E-state index in [2.05, 4.69) is 41.1 Å². The summed E-state index contributed by atoms with van der Waals surface area (Å²) in [6, 6.07) is 26.3. The third-order valence-electron chi connectivity index (χ3n) is 6.92. The van der Waals surface area contributed by atoms with Crippen molar-refractivity contribution in [2.75, 3.05) is 13.1 Å². The molecule has 0 aliphatic carbocycles. The molecular formula is C32H30N4O2S. The Hall–Kier alpha value is -4.10. The molecule has 6 nitrogen and oxygen atoms in total. The van der Waals surface area contributed by atoms with E-state index >= 15 is 0 Å². The number of amides is 1. The van der Waals surface area contributed by atoms with Gasteiger partial charge in [0.15, 0.2) is 5.17 Å². The number of benzene rings is 3. The second-order valence-electron chi connectivity index (χ2n) is 9.87. The molecule has 2 aliphatic heterocycles. The summed E-state index contributed by atoms with van der Waals surface area (Å²) in [5, 5.41) is 5.76. The lowest BCUT2D eigenvalue weighted by Gasteiger charge is -2.27. The Morgan fingerprint density at radius 2 is 1.74 bits per heavy atom. The van der Waals surface area contributed by atoms with Gasteiger partial charge >= 0.3 is 0 Å². The zero-order chi connectivity index (χ0) is 26.6. The number of piperidine rings is 1. The van der Waals surface area contributed by atoms with E-state index < -0.39 is 0 Å². The van der Waals surface area contributed by atoms with Crippen LogP contribution in [0.25, 0.3) is 23.0 Å². The zero-order valence-corrected chi connectivity index (χ0v) is 22.7. The molecule has 0 bridgehead atoms. The number of nitrogens with zero attached hydrogens (tertiary/aromatic N) is 4. The predicted molar refractivity (Wildman–Crippen MR) is 158 cm³/mol. The summed E-state index contributed by atoms with van der Waals surface area (Å²) in [7, 11) is 0. The molecule has 0 atom stereocenters. The normalized spacial score (nSPS) is 16.5. The van der Waals surface area contributed by atoms with E-state index in [-0.39, 0.29) is 5.91 Å². The second-order valence-corrected chi connectivity index (χ2v) is 10.9. The predicted octanol–water partition coefficient (Wildman–Crippen LogP) is 6.88. The van der Waals surface area contributed by atoms with Crippen molar-refractivity contribution >= 4 is 28.9 Å². The largest absolute Gasteiger partial charge is 0.489 e. The summed E-state index contributed by atoms with van der Waals surface area (Å²) in [4.78, 5) is 20.1. The first kappa shape index (κ1) is 25.2. The van der Waals surface area contributed by atoms with E-state index in [1.165, 1.54) is 23.7 Å². The summed E-state index contributed by atoms with van der Waals surface area (Å²) in [5.74, 6) is 0.581. The molecule has 1 saturated heterocycles. The summed E-state index contributed by atoms with van der Waals surface area (Å²) in [5.41, 5.74) is 5.86. The Kier molecular flexibility index (Phi) is 7.32. The van der Waals surface area contributed by atoms with Crippen molar-refractivity contribution in [1.29, 1.82) is 0 Å². The number of aryl methyl sites for hydroxylation is 1. The first-order valence-electron chi connectivity index (χ1n) is 13.3. The van der Waals surface area contributed by atoms with Crippen LogP contribution in [0.5, 0.6) is 5.75 Å². The molecule has 39 heavy (non-hydrogen) atoms. The van der Waals surface area contributed by atoms with Crippen LogP contribution < -0.4 is 4.74 Å². The third kappa shape index (κ3) is 5.83. The number of carbonyl (C=O) groups excluding carboxylic acids is 1. The average Bonchev–Trinajstić information content (AvgIpc) is 3.57. The number of carbonyl (C=O) groups is 1. The van der Waals surface area contributed by atoms with Crippen molar-refractivity contribution in [1.82, 2.24) is 14.7 Å². The van der Waals surface area contributed by atoms with Gasteiger partial charge < -0.3 is 9.64 Å². The Morgan fingerprint density at radius 3 is 2.54 bits per heavy atom. The van der Waals surface area contributed by atoms with Crippen LogP contribution in [-0.4, -0.2) is 38.8 Å². The van der Waals surface area contributed by atoms with Crippen molar-refractivity contribution in [2.45, 2.75) is 32.8 Å². The minimum Gasteiger partial charge on any atom is -0.489 e. The lowest BCUT2D eigenvalue weighted by Crippen LogP contribution is -2.33. The summed E-state index contributed by atoms with van der Waals surface area (Å²) in [6.45, 7) is 4.48. The fourth-order valence-corrected chi connectivity index (χ4v) is 5.73. The maximum Gasteiger partial charge on any atom is 0.286 e. The van der Waals surface area contributed by atoms with Crippen LogP contribution >= 0.6 is 11.8 Å². The van der Waals surface area contributed by atoms with Crippen LogP contribution in [0.1, 0.15) is 36.0 Å². The highest BCUT2D eigenvalue weighted by Gasteiger charge is 2.27. The average molecular weight is 535 g/mol. The lowest BCUT2D eigenvalue weighted by molar-refractivity contribution is -0.113. The van der Waals surface area contributed by atoms with Gasteiger partial charge in [0.2, 0.25) is 0 Å². The van der Waals surface area contributed by atoms with Gasteiger partial charge in [-0.05, 0) is 73.9 Å². The fraction of sp³-hybridized carbons (Fsp3) is 0.219. The molecule has 2 aliphatic rings. The molecule has 0 N–H and O–H groups in total. The van der Waals surface area contributed by atoms with E-state index in [1.54, 1.807) is 0 Å². The molecule has 3 heterocycles. The van der Waals surface area contributed by atoms with Gasteiger partial charge in [-0.2, -0.15) is 10.1 Å². The number of para-hydroxylation sites is 1. The molecule has 1 aromatic heterocycles. The Labute approximate surface area is 233 Å². The molecule has 4 aromatic rings. The van der Waals surface area contributed by atoms with Gasteiger partial charge in [-0.1, -0.05) is 60.2 Å². The van der Waals surface area contributed by atoms with E-state index in [9.17, 15) is 4.79 Å². The first-order chi connectivity index (χ1) is 19.1. The molecule has 0 unspecified atom stereocenters. The third-order valence-corrected chi connectivity index (χ3v) is 7.96. The van der Waals surface area contributed by atoms with Gasteiger partial charge in [0, 0.05) is 30.4 Å². The van der Waals surface area contributed by atoms with Crippen molar-refractivity contribution < 1.29 is 9.53 Å². The van der Waals surface area contributed by atoms with Crippen molar-refractivity contribution in [2.24, 2.45) is 4.99 Å². The van der Waals surface area contributed by atoms with Crippen LogP contribution in [0.4, 0.5) is 0 Å². The van der Waals surface area contributed by atoms with Gasteiger partial charge in [-0.25, -0.2) is 4.68 Å². The standard InChI is InChI=1S/C32H30N4O2S/c1-23-13-15-24(16-14-23)22-38-28-12-8-9-25(19-28)30-26(21-36(34-30)27-10-4-2-5-11-27)20-29-31(37)33-32(39-29)35-17-6-3-7-18-35/h2,4-5,8-16,19-21H,3,6-7,17-18,22H2,1H3/b29-20-. The maximum atomic E-state index is 12.9. The molecule has 3 aromatic carbocycles. The topological polar surface area (TPSA) is 59.7 Å². The van der Waals surface area contributed by atoms with E-state index in [4.69, 9.17) is 9.84 Å². The van der Waals surface area contributed by atoms with Gasteiger partial charge in [0.25, 0.3) is 5.91 Å². The van der Waals surface area contributed by atoms with Gasteiger partial charge in [-0.15, -0.1) is 0 Å². The van der Waals surface area contributed by atoms with Crippen LogP contribution in [0, 0.1) is 6.92 Å². The lowest BCUT2D eigenvalue weighted by atomic mass is 10.1. The van der Waals surface area contributed by atoms with Crippen molar-refractivity contribution in [3.63, 3.8) is 0 Å². The molecule has 196 valence electrons. The second kappa shape index (κ2) is 11.3. The minimum atomic E-state index is -0.186. The van der Waals surface area contributed by atoms with Crippen LogP contribution in [-0.2, 0) is 11.4 Å². The number of likely N-dealkylation sites (tertiary alicyclic amines) is 1. The number of amidine groups is 1. The zero-order valence-electron chi connectivity index (χ0n) is 21.9. The molecule has 0 saturated carbocycles. The van der Waals surface area contributed by atoms with E-state index in [0.29, 0.717) is 11.5 Å². The Balaban J connectivity index is 1.30. The monoisotopic (exact) mass is 534 g/mol. The number of thioether (sulfide) groups is 1. The van der Waals surface area contributed by atoms with Crippen LogP contribution in [0.15, 0.2) is 95.0 Å². The van der Waals surface area contributed by atoms with E-state index in [0.717, 1.165) is 64.9 Å². The fourth-order valence-electron chi connectivity index (χ4n) is 4.77. The highest BCUT2D eigenvalue weighted by atomic mass is 32.2. The van der Waals surface area contributed by atoms with Gasteiger partial charge in [0.05, 0.1) is 10.6 Å². The summed E-state index contributed by atoms with van der Waals surface area (Å²) >= 11 is 1.46. The highest BCUT2D eigenvalue weighted by Crippen LogP contribution is 2.34. The molecule has 0 radical (unpaired) electrons. The number of ether oxygens (including phenoxy) is 1. The van der Waals surface area contributed by atoms with Gasteiger partial charge in [0.1, 0.15) is 18.1 Å². The summed E-state index contributed by atoms with van der Waals surface area (Å²) < 4.78 is 7.98. The molecule has 1 amide bonds. The number of hydrogen-bond acceptors (Lipinski definition) is 5. The smallest absolute Gasteiger partial charge is 0.286 e. The number of aromatic nitrogens is 2. The molecular weight excluding hydrogens is 504 g/mol. The molecule has 7 heteroatoms. The summed E-state index contributed by atoms with van der Waals surface area (Å²) in [6.07, 6.45) is 7.42. The SMILES string of the molecule is Cc1ccc(COc2cccc(-c3nn(-c4ccccc4)cc3/C=C3\SC(N4CCCCC4)=NC3=O)c2)cc1. The number of rotatable bonds is 6. The molecule has 6 rings (SSSR count). The highest BCUT2D eigenvalue weighted by molar-refractivity contribution is 8.18. The number of hydrogen-bond donors (Lipinski definition) is 0. The van der Waals surface area contributed by atoms with E-state index in [1.807, 2.05) is 71.6 Å². The van der Waals surface area contributed by atoms with Crippen molar-refractivity contribution in [3.05, 3.63) is 107 Å². The maximum absolute atomic E-state index is 12.9. The van der Waals surface area contributed by atoms with Crippen LogP contribution in [0.3, 0.4) is 0 Å². The van der Waals surface area contributed by atoms with Gasteiger partial charge in [-0.3, -0.25) is 4.79 Å². The Bertz CT molecular complexity index is 1530. The first-order valence-corrected chi connectivity index (χ1v) is 14.2.